The Hall–Kier alpha value is -3.63. The van der Waals surface area contributed by atoms with Crippen molar-refractivity contribution >= 4 is 33.6 Å². The number of para-hydroxylation sites is 1. The Morgan fingerprint density at radius 2 is 1.91 bits per heavy atom. The van der Waals surface area contributed by atoms with Crippen LogP contribution in [-0.4, -0.2) is 13.0 Å². The number of carbonyl (C=O) groups excluding carboxylic acids is 1. The van der Waals surface area contributed by atoms with Crippen molar-refractivity contribution in [2.75, 3.05) is 12.4 Å². The zero-order valence-corrected chi connectivity index (χ0v) is 20.0. The van der Waals surface area contributed by atoms with Gasteiger partial charge in [0.15, 0.2) is 11.5 Å². The molecule has 0 heterocycles. The molecular weight excluding hydrogens is 487 g/mol. The quantitative estimate of drug-likeness (QED) is 0.298. The average Bonchev–Trinajstić information content (AvgIpc) is 2.80. The third kappa shape index (κ3) is 5.99. The molecular formula is C26H22BrFN2O3. The van der Waals surface area contributed by atoms with E-state index in [2.05, 4.69) is 34.2 Å². The smallest absolute Gasteiger partial charge is 0.266 e. The number of nitriles is 1. The SMILES string of the molecule is COc1cc(/C=C(\C#N)C(=O)Nc2ccccc2F)cc(Br)c1OCc1ccc(C)c(C)c1. The molecule has 168 valence electrons. The lowest BCUT2D eigenvalue weighted by atomic mass is 10.1. The molecule has 5 nitrogen and oxygen atoms in total. The number of aryl methyl sites for hydroxylation is 2. The molecule has 0 aliphatic carbocycles. The van der Waals surface area contributed by atoms with Gasteiger partial charge in [0, 0.05) is 0 Å². The maximum absolute atomic E-state index is 13.8. The van der Waals surface area contributed by atoms with Crippen LogP contribution in [0.4, 0.5) is 10.1 Å². The molecule has 0 aromatic heterocycles. The Balaban J connectivity index is 1.83. The summed E-state index contributed by atoms with van der Waals surface area (Å²) in [6.07, 6.45) is 1.40. The summed E-state index contributed by atoms with van der Waals surface area (Å²) in [7, 11) is 1.51. The third-order valence-corrected chi connectivity index (χ3v) is 5.59. The lowest BCUT2D eigenvalue weighted by Crippen LogP contribution is -2.14. The van der Waals surface area contributed by atoms with Gasteiger partial charge >= 0.3 is 0 Å². The van der Waals surface area contributed by atoms with Crippen LogP contribution in [0.1, 0.15) is 22.3 Å². The summed E-state index contributed by atoms with van der Waals surface area (Å²) >= 11 is 3.48. The number of benzene rings is 3. The van der Waals surface area contributed by atoms with Gasteiger partial charge in [0.05, 0.1) is 17.3 Å². The van der Waals surface area contributed by atoms with Crippen molar-refractivity contribution in [1.82, 2.24) is 0 Å². The maximum Gasteiger partial charge on any atom is 0.266 e. The zero-order chi connectivity index (χ0) is 24.0. The van der Waals surface area contributed by atoms with Crippen LogP contribution in [0.15, 0.2) is 64.6 Å². The van der Waals surface area contributed by atoms with Gasteiger partial charge in [-0.1, -0.05) is 30.3 Å². The number of methoxy groups -OCH3 is 1. The number of carbonyl (C=O) groups is 1. The van der Waals surface area contributed by atoms with E-state index in [1.165, 1.54) is 42.5 Å². The van der Waals surface area contributed by atoms with Crippen molar-refractivity contribution < 1.29 is 18.7 Å². The van der Waals surface area contributed by atoms with E-state index in [9.17, 15) is 14.4 Å². The fourth-order valence-electron chi connectivity index (χ4n) is 3.08. The fourth-order valence-corrected chi connectivity index (χ4v) is 3.65. The van der Waals surface area contributed by atoms with Crippen LogP contribution < -0.4 is 14.8 Å². The van der Waals surface area contributed by atoms with Gasteiger partial charge in [0.2, 0.25) is 0 Å². The van der Waals surface area contributed by atoms with E-state index in [-0.39, 0.29) is 11.3 Å². The van der Waals surface area contributed by atoms with Crippen LogP contribution in [0.3, 0.4) is 0 Å². The Morgan fingerprint density at radius 1 is 1.15 bits per heavy atom. The second-order valence-corrected chi connectivity index (χ2v) is 8.20. The Labute approximate surface area is 200 Å². The third-order valence-electron chi connectivity index (χ3n) is 5.00. The summed E-state index contributed by atoms with van der Waals surface area (Å²) in [5.41, 5.74) is 3.76. The normalized spacial score (nSPS) is 11.0. The highest BCUT2D eigenvalue weighted by molar-refractivity contribution is 9.10. The molecule has 0 saturated carbocycles. The lowest BCUT2D eigenvalue weighted by molar-refractivity contribution is -0.112. The van der Waals surface area contributed by atoms with Gasteiger partial charge in [0.25, 0.3) is 5.91 Å². The Morgan fingerprint density at radius 3 is 2.58 bits per heavy atom. The highest BCUT2D eigenvalue weighted by Crippen LogP contribution is 2.38. The molecule has 0 aliphatic rings. The van der Waals surface area contributed by atoms with Crippen LogP contribution in [0.2, 0.25) is 0 Å². The van der Waals surface area contributed by atoms with Gasteiger partial charge in [-0.3, -0.25) is 4.79 Å². The molecule has 0 spiro atoms. The summed E-state index contributed by atoms with van der Waals surface area (Å²) < 4.78 is 25.9. The number of hydrogen-bond donors (Lipinski definition) is 1. The van der Waals surface area contributed by atoms with Crippen molar-refractivity contribution in [1.29, 1.82) is 5.26 Å². The number of hydrogen-bond acceptors (Lipinski definition) is 4. The minimum atomic E-state index is -0.715. The van der Waals surface area contributed by atoms with Crippen LogP contribution in [-0.2, 0) is 11.4 Å². The first-order valence-corrected chi connectivity index (χ1v) is 10.9. The van der Waals surface area contributed by atoms with Gasteiger partial charge in [-0.25, -0.2) is 4.39 Å². The van der Waals surface area contributed by atoms with Crippen molar-refractivity contribution in [3.63, 3.8) is 0 Å². The molecule has 7 heteroatoms. The molecule has 3 aromatic carbocycles. The van der Waals surface area contributed by atoms with Gasteiger partial charge < -0.3 is 14.8 Å². The van der Waals surface area contributed by atoms with E-state index >= 15 is 0 Å². The highest BCUT2D eigenvalue weighted by Gasteiger charge is 2.15. The van der Waals surface area contributed by atoms with E-state index in [4.69, 9.17) is 9.47 Å². The molecule has 3 rings (SSSR count). The van der Waals surface area contributed by atoms with E-state index in [0.29, 0.717) is 28.1 Å². The predicted octanol–water partition coefficient (Wildman–Crippen LogP) is 6.34. The van der Waals surface area contributed by atoms with E-state index in [0.717, 1.165) is 5.56 Å². The molecule has 1 amide bonds. The summed E-state index contributed by atoms with van der Waals surface area (Å²) in [4.78, 5) is 12.5. The molecule has 1 N–H and O–H groups in total. The lowest BCUT2D eigenvalue weighted by Gasteiger charge is -2.14. The summed E-state index contributed by atoms with van der Waals surface area (Å²) in [6, 6.07) is 17.1. The van der Waals surface area contributed by atoms with Crippen LogP contribution >= 0.6 is 15.9 Å². The van der Waals surface area contributed by atoms with Crippen molar-refractivity contribution in [3.8, 4) is 17.6 Å². The molecule has 0 saturated heterocycles. The van der Waals surface area contributed by atoms with Crippen molar-refractivity contribution in [2.24, 2.45) is 0 Å². The van der Waals surface area contributed by atoms with Gasteiger partial charge in [-0.15, -0.1) is 0 Å². The van der Waals surface area contributed by atoms with Gasteiger partial charge in [-0.2, -0.15) is 5.26 Å². The van der Waals surface area contributed by atoms with Crippen molar-refractivity contribution in [3.05, 3.63) is 92.7 Å². The second-order valence-electron chi connectivity index (χ2n) is 7.35. The predicted molar refractivity (Wildman–Crippen MR) is 130 cm³/mol. The minimum Gasteiger partial charge on any atom is -0.493 e. The number of nitrogens with one attached hydrogen (secondary N) is 1. The molecule has 0 bridgehead atoms. The molecule has 0 aliphatic heterocycles. The first-order valence-electron chi connectivity index (χ1n) is 10.1. The first kappa shape index (κ1) is 24.0. The molecule has 0 atom stereocenters. The molecule has 33 heavy (non-hydrogen) atoms. The number of ether oxygens (including phenoxy) is 2. The van der Waals surface area contributed by atoms with E-state index in [1.807, 2.05) is 25.1 Å². The number of rotatable bonds is 7. The minimum absolute atomic E-state index is 0.00231. The molecule has 0 fully saturated rings. The van der Waals surface area contributed by atoms with Gasteiger partial charge in [-0.05, 0) is 82.4 Å². The fraction of sp³-hybridized carbons (Fsp3) is 0.154. The topological polar surface area (TPSA) is 71.3 Å². The summed E-state index contributed by atoms with van der Waals surface area (Å²) in [6.45, 7) is 4.45. The zero-order valence-electron chi connectivity index (χ0n) is 18.4. The molecule has 0 radical (unpaired) electrons. The first-order chi connectivity index (χ1) is 15.8. The standard InChI is InChI=1S/C26H22BrFN2O3/c1-16-8-9-18(10-17(16)2)15-33-25-21(27)12-19(13-24(25)32-3)11-20(14-29)26(31)30-23-7-5-4-6-22(23)28/h4-13H,15H2,1-3H3,(H,30,31)/b20-11+. The van der Waals surface area contributed by atoms with E-state index < -0.39 is 11.7 Å². The number of amides is 1. The summed E-state index contributed by atoms with van der Waals surface area (Å²) in [5.74, 6) is -0.362. The number of halogens is 2. The van der Waals surface area contributed by atoms with Crippen LogP contribution in [0.5, 0.6) is 11.5 Å². The number of nitrogens with zero attached hydrogens (tertiary/aromatic N) is 1. The highest BCUT2D eigenvalue weighted by atomic mass is 79.9. The van der Waals surface area contributed by atoms with Crippen molar-refractivity contribution in [2.45, 2.75) is 20.5 Å². The average molecular weight is 509 g/mol. The van der Waals surface area contributed by atoms with Crippen LogP contribution in [0, 0.1) is 31.0 Å². The summed E-state index contributed by atoms with van der Waals surface area (Å²) in [5, 5.41) is 11.9. The Bertz CT molecular complexity index is 1260. The van der Waals surface area contributed by atoms with Crippen LogP contribution in [0.25, 0.3) is 6.08 Å². The number of anilines is 1. The van der Waals surface area contributed by atoms with E-state index in [1.54, 1.807) is 18.2 Å². The molecule has 3 aromatic rings. The second kappa shape index (κ2) is 10.8. The largest absolute Gasteiger partial charge is 0.493 e. The monoisotopic (exact) mass is 508 g/mol. The van der Waals surface area contributed by atoms with Gasteiger partial charge in [0.1, 0.15) is 24.1 Å². The Kier molecular flexibility index (Phi) is 7.86. The molecule has 0 unspecified atom stereocenters. The maximum atomic E-state index is 13.8.